The Labute approximate surface area is 359 Å². The van der Waals surface area contributed by atoms with Gasteiger partial charge in [-0.2, -0.15) is 0 Å². The van der Waals surface area contributed by atoms with Gasteiger partial charge < -0.3 is 44.4 Å². The van der Waals surface area contributed by atoms with Crippen LogP contribution in [-0.2, 0) is 46.4 Å². The van der Waals surface area contributed by atoms with Crippen molar-refractivity contribution < 1.29 is 38.0 Å². The summed E-state index contributed by atoms with van der Waals surface area (Å²) in [4.78, 5) is 29.8. The van der Waals surface area contributed by atoms with Crippen molar-refractivity contribution in [1.82, 2.24) is 20.9 Å². The Balaban J connectivity index is 0.674. The van der Waals surface area contributed by atoms with Gasteiger partial charge in [0.15, 0.2) is 0 Å². The number of nitrogens with one attached hydrogen (secondary N) is 3. The molecule has 2 amide bonds. The largest absolute Gasteiger partial charge is 0.473 e. The third-order valence-corrected chi connectivity index (χ3v) is 10.3. The van der Waals surface area contributed by atoms with E-state index in [2.05, 4.69) is 82.5 Å². The molecule has 1 aliphatic carbocycles. The second kappa shape index (κ2) is 25.3. The molecule has 0 saturated heterocycles. The zero-order chi connectivity index (χ0) is 42.3. The summed E-state index contributed by atoms with van der Waals surface area (Å²) in [6.07, 6.45) is 2.07. The van der Waals surface area contributed by atoms with Crippen LogP contribution >= 0.6 is 0 Å². The molecule has 0 aliphatic heterocycles. The number of ether oxygens (including phenoxy) is 6. The quantitative estimate of drug-likeness (QED) is 0.0497. The number of carbonyl (C=O) groups excluding carboxylic acids is 2. The van der Waals surface area contributed by atoms with Gasteiger partial charge in [-0.05, 0) is 57.0 Å². The fourth-order valence-corrected chi connectivity index (χ4v) is 7.06. The van der Waals surface area contributed by atoms with Crippen LogP contribution in [0, 0.1) is 6.92 Å². The molecule has 12 nitrogen and oxygen atoms in total. The Morgan fingerprint density at radius 2 is 1.15 bits per heavy atom. The van der Waals surface area contributed by atoms with E-state index in [0.717, 1.165) is 33.4 Å². The minimum atomic E-state index is -0.343. The molecule has 5 aromatic rings. The van der Waals surface area contributed by atoms with E-state index in [1.54, 1.807) is 0 Å². The van der Waals surface area contributed by atoms with Gasteiger partial charge in [0, 0.05) is 44.9 Å². The molecule has 0 fully saturated rings. The van der Waals surface area contributed by atoms with Crippen LogP contribution < -0.4 is 20.7 Å². The number of fused-ring (bicyclic) bond motifs is 3. The zero-order valence-corrected chi connectivity index (χ0v) is 35.1. The number of aromatic nitrogens is 1. The number of nitrogens with zero attached hydrogens (tertiary/aromatic N) is 1. The van der Waals surface area contributed by atoms with Gasteiger partial charge in [0.25, 0.3) is 0 Å². The summed E-state index contributed by atoms with van der Waals surface area (Å²) in [5.74, 6) is 0.0633. The minimum absolute atomic E-state index is 0.0666. The van der Waals surface area contributed by atoms with Crippen LogP contribution in [0.2, 0.25) is 0 Å². The maximum absolute atomic E-state index is 13.1. The van der Waals surface area contributed by atoms with Gasteiger partial charge in [-0.3, -0.25) is 9.59 Å². The van der Waals surface area contributed by atoms with Gasteiger partial charge in [0.1, 0.15) is 6.61 Å². The van der Waals surface area contributed by atoms with Gasteiger partial charge in [-0.25, -0.2) is 4.98 Å². The number of rotatable bonds is 28. The number of benzene rings is 4. The van der Waals surface area contributed by atoms with Crippen molar-refractivity contribution in [3.63, 3.8) is 0 Å². The summed E-state index contributed by atoms with van der Waals surface area (Å²) >= 11 is 0. The van der Waals surface area contributed by atoms with Gasteiger partial charge in [-0.15, -0.1) is 0 Å². The van der Waals surface area contributed by atoms with Crippen molar-refractivity contribution in [3.8, 4) is 28.1 Å². The molecule has 4 aromatic carbocycles. The first-order valence-corrected chi connectivity index (χ1v) is 21.1. The van der Waals surface area contributed by atoms with Crippen LogP contribution in [0.1, 0.15) is 40.2 Å². The SMILES string of the molecule is Cc1c(COc2ccc(CNCCOCCOCCOCCOCCOCCC(=O)NCCNC(=O)C3c4ccccc4-c4ccccc43)cn2)cccc1-c1ccccc1. The summed E-state index contributed by atoms with van der Waals surface area (Å²) in [5, 5.41) is 9.18. The van der Waals surface area contributed by atoms with Crippen molar-refractivity contribution in [2.45, 2.75) is 32.4 Å². The average molecular weight is 831 g/mol. The molecular weight excluding hydrogens is 773 g/mol. The molecule has 61 heavy (non-hydrogen) atoms. The highest BCUT2D eigenvalue weighted by atomic mass is 16.6. The number of hydrogen-bond donors (Lipinski definition) is 3. The lowest BCUT2D eigenvalue weighted by atomic mass is 9.96. The van der Waals surface area contributed by atoms with E-state index in [0.29, 0.717) is 105 Å². The number of carbonyl (C=O) groups is 2. The summed E-state index contributed by atoms with van der Waals surface area (Å²) in [7, 11) is 0. The smallest absolute Gasteiger partial charge is 0.232 e. The Hall–Kier alpha value is -5.47. The van der Waals surface area contributed by atoms with E-state index in [9.17, 15) is 9.59 Å². The van der Waals surface area contributed by atoms with Crippen molar-refractivity contribution in [2.75, 3.05) is 85.7 Å². The molecule has 0 radical (unpaired) electrons. The fourth-order valence-electron chi connectivity index (χ4n) is 7.06. The summed E-state index contributed by atoms with van der Waals surface area (Å²) < 4.78 is 33.8. The van der Waals surface area contributed by atoms with Crippen LogP contribution in [0.25, 0.3) is 22.3 Å². The summed E-state index contributed by atoms with van der Waals surface area (Å²) in [6, 6.07) is 36.6. The van der Waals surface area contributed by atoms with E-state index in [4.69, 9.17) is 28.4 Å². The minimum Gasteiger partial charge on any atom is -0.473 e. The lowest BCUT2D eigenvalue weighted by Crippen LogP contribution is -2.37. The zero-order valence-electron chi connectivity index (χ0n) is 35.1. The van der Waals surface area contributed by atoms with Crippen LogP contribution in [0.3, 0.4) is 0 Å². The lowest BCUT2D eigenvalue weighted by molar-refractivity contribution is -0.123. The highest BCUT2D eigenvalue weighted by molar-refractivity contribution is 5.96. The van der Waals surface area contributed by atoms with Crippen molar-refractivity contribution in [2.24, 2.45) is 0 Å². The van der Waals surface area contributed by atoms with Crippen LogP contribution in [-0.4, -0.2) is 103 Å². The monoisotopic (exact) mass is 830 g/mol. The second-order valence-corrected chi connectivity index (χ2v) is 14.5. The Morgan fingerprint density at radius 1 is 0.574 bits per heavy atom. The van der Waals surface area contributed by atoms with Crippen LogP contribution in [0.5, 0.6) is 5.88 Å². The summed E-state index contributed by atoms with van der Waals surface area (Å²) in [5.41, 5.74) is 10.0. The van der Waals surface area contributed by atoms with Crippen molar-refractivity contribution >= 4 is 11.8 Å². The first kappa shape index (κ1) is 45.1. The normalized spacial score (nSPS) is 11.9. The number of hydrogen-bond acceptors (Lipinski definition) is 10. The van der Waals surface area contributed by atoms with E-state index >= 15 is 0 Å². The topological polar surface area (TPSA) is 138 Å². The van der Waals surface area contributed by atoms with Gasteiger partial charge in [0.05, 0.1) is 72.0 Å². The van der Waals surface area contributed by atoms with E-state index in [1.807, 2.05) is 60.8 Å². The second-order valence-electron chi connectivity index (χ2n) is 14.5. The molecule has 6 rings (SSSR count). The molecule has 1 aliphatic rings. The standard InChI is InChI=1S/C49H58N4O8/c1-37-40(12-9-17-41(37)39-10-3-2-4-11-39)36-61-47-19-18-38(35-53-47)34-50-23-25-57-27-29-59-31-33-60-32-30-58-28-26-56-24-20-46(54)51-21-22-52-49(55)48-44-15-7-5-13-42(44)43-14-6-8-16-45(43)48/h2-19,35,48,50H,20-34,36H2,1H3,(H,51,54)(H,52,55). The molecular formula is C49H58N4O8. The van der Waals surface area contributed by atoms with Gasteiger partial charge in [0.2, 0.25) is 17.7 Å². The molecule has 0 spiro atoms. The first-order valence-electron chi connectivity index (χ1n) is 21.1. The van der Waals surface area contributed by atoms with Crippen molar-refractivity contribution in [3.05, 3.63) is 143 Å². The van der Waals surface area contributed by atoms with Crippen LogP contribution in [0.15, 0.2) is 115 Å². The number of pyridine rings is 1. The van der Waals surface area contributed by atoms with E-state index < -0.39 is 0 Å². The predicted octanol–water partition coefficient (Wildman–Crippen LogP) is 6.24. The molecule has 0 bridgehead atoms. The molecule has 322 valence electrons. The lowest BCUT2D eigenvalue weighted by Gasteiger charge is -2.14. The molecule has 12 heteroatoms. The fraction of sp³-hybridized carbons (Fsp3) is 0.367. The predicted molar refractivity (Wildman–Crippen MR) is 235 cm³/mol. The summed E-state index contributed by atoms with van der Waals surface area (Å²) in [6.45, 7) is 9.25. The number of amides is 2. The highest BCUT2D eigenvalue weighted by Crippen LogP contribution is 2.44. The van der Waals surface area contributed by atoms with Crippen molar-refractivity contribution in [1.29, 1.82) is 0 Å². The maximum Gasteiger partial charge on any atom is 0.232 e. The molecule has 1 aromatic heterocycles. The van der Waals surface area contributed by atoms with Gasteiger partial charge >= 0.3 is 0 Å². The molecule has 0 unspecified atom stereocenters. The Kier molecular flexibility index (Phi) is 18.7. The molecule has 3 N–H and O–H groups in total. The van der Waals surface area contributed by atoms with Crippen LogP contribution in [0.4, 0.5) is 0 Å². The van der Waals surface area contributed by atoms with E-state index in [1.165, 1.54) is 16.7 Å². The third kappa shape index (κ3) is 14.3. The van der Waals surface area contributed by atoms with Gasteiger partial charge in [-0.1, -0.05) is 103 Å². The first-order chi connectivity index (χ1) is 30.1. The average Bonchev–Trinajstić information content (AvgIpc) is 3.63. The maximum atomic E-state index is 13.1. The Bertz CT molecular complexity index is 2040. The van der Waals surface area contributed by atoms with E-state index in [-0.39, 0.29) is 24.2 Å². The molecule has 1 heterocycles. The molecule has 0 saturated carbocycles. The molecule has 0 atom stereocenters. The Morgan fingerprint density at radius 3 is 1.79 bits per heavy atom. The highest BCUT2D eigenvalue weighted by Gasteiger charge is 2.33. The third-order valence-electron chi connectivity index (χ3n) is 10.3.